The van der Waals surface area contributed by atoms with Crippen molar-refractivity contribution in [3.63, 3.8) is 0 Å². The van der Waals surface area contributed by atoms with Crippen molar-refractivity contribution in [2.75, 3.05) is 5.32 Å². The van der Waals surface area contributed by atoms with Gasteiger partial charge < -0.3 is 10.4 Å². The van der Waals surface area contributed by atoms with Crippen LogP contribution >= 0.6 is 11.8 Å². The zero-order chi connectivity index (χ0) is 25.1. The molecule has 0 bridgehead atoms. The first-order valence-corrected chi connectivity index (χ1v) is 13.1. The SMILES string of the molecule is O=C(CC1SC(=Nc2cccc3ccccc23)N(C2CCCCC2)C1=O)Nc1ccc(C(=O)O)cc1. The van der Waals surface area contributed by atoms with E-state index in [4.69, 9.17) is 10.1 Å². The van der Waals surface area contributed by atoms with E-state index in [0.29, 0.717) is 10.9 Å². The molecule has 1 heterocycles. The Morgan fingerprint density at radius 1 is 0.972 bits per heavy atom. The van der Waals surface area contributed by atoms with Gasteiger partial charge in [-0.2, -0.15) is 0 Å². The van der Waals surface area contributed by atoms with E-state index in [1.54, 1.807) is 12.1 Å². The molecule has 1 aliphatic heterocycles. The lowest BCUT2D eigenvalue weighted by Crippen LogP contribution is -2.42. The molecule has 0 spiro atoms. The van der Waals surface area contributed by atoms with Gasteiger partial charge in [-0.15, -0.1) is 0 Å². The summed E-state index contributed by atoms with van der Waals surface area (Å²) in [6, 6.07) is 20.1. The Labute approximate surface area is 213 Å². The minimum absolute atomic E-state index is 0.0158. The molecule has 1 saturated carbocycles. The van der Waals surface area contributed by atoms with Crippen LogP contribution in [0.3, 0.4) is 0 Å². The van der Waals surface area contributed by atoms with Gasteiger partial charge in [-0.3, -0.25) is 14.5 Å². The quantitative estimate of drug-likeness (QED) is 0.443. The third-order valence-corrected chi connectivity index (χ3v) is 7.83. The Hall–Kier alpha value is -3.65. The maximum atomic E-state index is 13.6. The van der Waals surface area contributed by atoms with E-state index < -0.39 is 11.2 Å². The number of aliphatic imine (C=N–C) groups is 1. The molecule has 36 heavy (non-hydrogen) atoms. The van der Waals surface area contributed by atoms with E-state index in [9.17, 15) is 14.4 Å². The van der Waals surface area contributed by atoms with Crippen molar-refractivity contribution in [1.29, 1.82) is 0 Å². The van der Waals surface area contributed by atoms with Crippen LogP contribution in [0.1, 0.15) is 48.9 Å². The molecule has 0 radical (unpaired) electrons. The highest BCUT2D eigenvalue weighted by Gasteiger charge is 2.43. The minimum atomic E-state index is -1.03. The molecule has 3 aromatic carbocycles. The van der Waals surface area contributed by atoms with Gasteiger partial charge in [0.05, 0.1) is 11.3 Å². The lowest BCUT2D eigenvalue weighted by Gasteiger charge is -2.30. The van der Waals surface area contributed by atoms with E-state index in [0.717, 1.165) is 42.1 Å². The molecule has 184 valence electrons. The summed E-state index contributed by atoms with van der Waals surface area (Å²) in [5.74, 6) is -1.39. The standard InChI is InChI=1S/C28H27N3O4S/c32-25(29-20-15-13-19(14-16-20)27(34)35)17-24-26(33)31(21-9-2-1-3-10-21)28(36-24)30-23-12-6-8-18-7-4-5-11-22(18)23/h4-8,11-16,21,24H,1-3,9-10,17H2,(H,29,32)(H,34,35). The van der Waals surface area contributed by atoms with Crippen LogP contribution < -0.4 is 5.32 Å². The van der Waals surface area contributed by atoms with E-state index in [1.807, 2.05) is 47.4 Å². The Kier molecular flexibility index (Phi) is 7.04. The molecule has 1 saturated heterocycles. The van der Waals surface area contributed by atoms with Gasteiger partial charge in [0.2, 0.25) is 11.8 Å². The molecule has 2 N–H and O–H groups in total. The maximum Gasteiger partial charge on any atom is 0.335 e. The number of amidine groups is 1. The number of hydrogen-bond acceptors (Lipinski definition) is 5. The zero-order valence-electron chi connectivity index (χ0n) is 19.7. The number of rotatable bonds is 6. The Bertz CT molecular complexity index is 1330. The topological polar surface area (TPSA) is 99.1 Å². The molecule has 1 aliphatic carbocycles. The first-order valence-electron chi connectivity index (χ1n) is 12.2. The molecule has 5 rings (SSSR count). The number of carbonyl (C=O) groups is 3. The largest absolute Gasteiger partial charge is 0.478 e. The van der Waals surface area contributed by atoms with Gasteiger partial charge in [0, 0.05) is 23.5 Å². The molecule has 2 aliphatic rings. The monoisotopic (exact) mass is 501 g/mol. The van der Waals surface area contributed by atoms with Crippen LogP contribution in [-0.2, 0) is 9.59 Å². The molecule has 2 fully saturated rings. The third kappa shape index (κ3) is 5.14. The first kappa shape index (κ1) is 24.1. The Morgan fingerprint density at radius 2 is 1.69 bits per heavy atom. The normalized spacial score (nSPS) is 19.7. The van der Waals surface area contributed by atoms with Crippen LogP contribution in [0.15, 0.2) is 71.7 Å². The first-order chi connectivity index (χ1) is 17.5. The molecule has 8 heteroatoms. The molecule has 1 atom stereocenters. The second kappa shape index (κ2) is 10.5. The number of hydrogen-bond donors (Lipinski definition) is 2. The Morgan fingerprint density at radius 3 is 2.44 bits per heavy atom. The van der Waals surface area contributed by atoms with Gasteiger partial charge in [-0.05, 0) is 48.6 Å². The second-order valence-corrected chi connectivity index (χ2v) is 10.3. The molecule has 2 amide bonds. The molecule has 7 nitrogen and oxygen atoms in total. The summed E-state index contributed by atoms with van der Waals surface area (Å²) < 4.78 is 0. The Balaban J connectivity index is 1.38. The number of anilines is 1. The molecule has 1 unspecified atom stereocenters. The number of carboxylic acids is 1. The summed E-state index contributed by atoms with van der Waals surface area (Å²) in [6.45, 7) is 0. The number of nitrogens with zero attached hydrogens (tertiary/aromatic N) is 2. The second-order valence-electron chi connectivity index (χ2n) is 9.13. The molecular formula is C28H27N3O4S. The van der Waals surface area contributed by atoms with E-state index in [2.05, 4.69) is 5.32 Å². The lowest BCUT2D eigenvalue weighted by atomic mass is 9.94. The number of carbonyl (C=O) groups excluding carboxylic acids is 2. The minimum Gasteiger partial charge on any atom is -0.478 e. The van der Waals surface area contributed by atoms with Gasteiger partial charge in [-0.25, -0.2) is 9.79 Å². The van der Waals surface area contributed by atoms with Gasteiger partial charge in [-0.1, -0.05) is 67.4 Å². The van der Waals surface area contributed by atoms with Gasteiger partial charge in [0.15, 0.2) is 5.17 Å². The summed E-state index contributed by atoms with van der Waals surface area (Å²) in [4.78, 5) is 44.2. The molecular weight excluding hydrogens is 474 g/mol. The fourth-order valence-corrected chi connectivity index (χ4v) is 6.06. The number of nitrogens with one attached hydrogen (secondary N) is 1. The maximum absolute atomic E-state index is 13.6. The van der Waals surface area contributed by atoms with Crippen LogP contribution in [0.25, 0.3) is 10.8 Å². The number of carboxylic acid groups (broad SMARTS) is 1. The van der Waals surface area contributed by atoms with E-state index in [-0.39, 0.29) is 29.8 Å². The number of amides is 2. The van der Waals surface area contributed by atoms with Gasteiger partial charge >= 0.3 is 5.97 Å². The van der Waals surface area contributed by atoms with Crippen LogP contribution in [-0.4, -0.2) is 44.2 Å². The lowest BCUT2D eigenvalue weighted by molar-refractivity contribution is -0.130. The highest BCUT2D eigenvalue weighted by molar-refractivity contribution is 8.15. The van der Waals surface area contributed by atoms with Crippen molar-refractivity contribution in [1.82, 2.24) is 4.90 Å². The fraction of sp³-hybridized carbons (Fsp3) is 0.286. The summed E-state index contributed by atoms with van der Waals surface area (Å²) >= 11 is 1.36. The van der Waals surface area contributed by atoms with Crippen molar-refractivity contribution in [2.24, 2.45) is 4.99 Å². The predicted molar refractivity (Wildman–Crippen MR) is 143 cm³/mol. The summed E-state index contributed by atoms with van der Waals surface area (Å²) in [5, 5.41) is 14.0. The van der Waals surface area contributed by atoms with Crippen LogP contribution in [0.5, 0.6) is 0 Å². The zero-order valence-corrected chi connectivity index (χ0v) is 20.5. The fourth-order valence-electron chi connectivity index (χ4n) is 4.85. The highest BCUT2D eigenvalue weighted by Crippen LogP contribution is 2.38. The smallest absolute Gasteiger partial charge is 0.335 e. The predicted octanol–water partition coefficient (Wildman–Crippen LogP) is 5.83. The van der Waals surface area contributed by atoms with Crippen molar-refractivity contribution >= 4 is 56.9 Å². The summed E-state index contributed by atoms with van der Waals surface area (Å²) in [5.41, 5.74) is 1.45. The van der Waals surface area contributed by atoms with Crippen LogP contribution in [0, 0.1) is 0 Å². The van der Waals surface area contributed by atoms with Crippen LogP contribution in [0.4, 0.5) is 11.4 Å². The van der Waals surface area contributed by atoms with Crippen LogP contribution in [0.2, 0.25) is 0 Å². The van der Waals surface area contributed by atoms with E-state index in [1.165, 1.54) is 30.3 Å². The highest BCUT2D eigenvalue weighted by atomic mass is 32.2. The molecule has 0 aromatic heterocycles. The third-order valence-electron chi connectivity index (χ3n) is 6.68. The number of aromatic carboxylic acids is 1. The van der Waals surface area contributed by atoms with Gasteiger partial charge in [0.25, 0.3) is 0 Å². The van der Waals surface area contributed by atoms with Crippen molar-refractivity contribution in [3.8, 4) is 0 Å². The van der Waals surface area contributed by atoms with E-state index >= 15 is 0 Å². The average molecular weight is 502 g/mol. The molecule has 3 aromatic rings. The van der Waals surface area contributed by atoms with Crippen molar-refractivity contribution in [3.05, 3.63) is 72.3 Å². The average Bonchev–Trinajstić information content (AvgIpc) is 3.19. The van der Waals surface area contributed by atoms with Crippen molar-refractivity contribution in [2.45, 2.75) is 49.8 Å². The van der Waals surface area contributed by atoms with Gasteiger partial charge in [0.1, 0.15) is 5.25 Å². The summed E-state index contributed by atoms with van der Waals surface area (Å²) in [7, 11) is 0. The number of thioether (sulfide) groups is 1. The number of benzene rings is 3. The van der Waals surface area contributed by atoms with Crippen molar-refractivity contribution < 1.29 is 19.5 Å². The number of fused-ring (bicyclic) bond motifs is 1. The summed E-state index contributed by atoms with van der Waals surface area (Å²) in [6.07, 6.45) is 5.23.